The van der Waals surface area contributed by atoms with Crippen LogP contribution in [0.3, 0.4) is 0 Å². The summed E-state index contributed by atoms with van der Waals surface area (Å²) in [6.45, 7) is 8.97. The molecule has 0 unspecified atom stereocenters. The Bertz CT molecular complexity index is 821. The van der Waals surface area contributed by atoms with E-state index in [1.807, 2.05) is 0 Å². The molecule has 3 aromatic carbocycles. The largest absolute Gasteiger partial charge is 0.489 e. The third-order valence-corrected chi connectivity index (χ3v) is 4.37. The standard InChI is InChI=1S/C23H27NO/c1-17(2)14-24-15-22-21-7-5-4-6-20(21)12-13-23(22)25-16-19-10-8-18(3)9-11-19/h4-13,17,24H,14-16H2,1-3H3. The zero-order valence-corrected chi connectivity index (χ0v) is 15.4. The molecule has 0 amide bonds. The first-order valence-electron chi connectivity index (χ1n) is 9.03. The van der Waals surface area contributed by atoms with Gasteiger partial charge in [0.15, 0.2) is 0 Å². The minimum absolute atomic E-state index is 0.593. The second kappa shape index (κ2) is 8.17. The normalized spacial score (nSPS) is 11.2. The van der Waals surface area contributed by atoms with Gasteiger partial charge < -0.3 is 10.1 Å². The summed E-state index contributed by atoms with van der Waals surface area (Å²) < 4.78 is 6.19. The Hall–Kier alpha value is -2.32. The van der Waals surface area contributed by atoms with E-state index in [-0.39, 0.29) is 0 Å². The van der Waals surface area contributed by atoms with Crippen LogP contribution in [0.15, 0.2) is 60.7 Å². The van der Waals surface area contributed by atoms with E-state index in [0.717, 1.165) is 18.8 Å². The highest BCUT2D eigenvalue weighted by Crippen LogP contribution is 2.28. The van der Waals surface area contributed by atoms with Gasteiger partial charge in [0.05, 0.1) is 0 Å². The van der Waals surface area contributed by atoms with Crippen molar-refractivity contribution in [1.82, 2.24) is 5.32 Å². The van der Waals surface area contributed by atoms with Crippen LogP contribution in [0.4, 0.5) is 0 Å². The van der Waals surface area contributed by atoms with Crippen LogP contribution >= 0.6 is 0 Å². The van der Waals surface area contributed by atoms with Crippen molar-refractivity contribution in [2.24, 2.45) is 5.92 Å². The first-order chi connectivity index (χ1) is 12.1. The number of rotatable bonds is 7. The van der Waals surface area contributed by atoms with Crippen LogP contribution in [-0.2, 0) is 13.2 Å². The topological polar surface area (TPSA) is 21.3 Å². The maximum Gasteiger partial charge on any atom is 0.124 e. The van der Waals surface area contributed by atoms with Gasteiger partial charge in [0.1, 0.15) is 12.4 Å². The molecular weight excluding hydrogens is 306 g/mol. The average Bonchev–Trinajstić information content (AvgIpc) is 2.62. The molecule has 25 heavy (non-hydrogen) atoms. The zero-order valence-electron chi connectivity index (χ0n) is 15.4. The van der Waals surface area contributed by atoms with Gasteiger partial charge in [0, 0.05) is 12.1 Å². The fraction of sp³-hybridized carbons (Fsp3) is 0.304. The van der Waals surface area contributed by atoms with E-state index in [2.05, 4.69) is 86.8 Å². The van der Waals surface area contributed by atoms with E-state index in [0.29, 0.717) is 12.5 Å². The molecule has 0 atom stereocenters. The van der Waals surface area contributed by atoms with Crippen LogP contribution in [0, 0.1) is 12.8 Å². The first-order valence-corrected chi connectivity index (χ1v) is 9.03. The molecule has 3 rings (SSSR count). The summed E-state index contributed by atoms with van der Waals surface area (Å²) in [5.74, 6) is 1.60. The first kappa shape index (κ1) is 17.5. The lowest BCUT2D eigenvalue weighted by Gasteiger charge is -2.16. The molecule has 0 saturated carbocycles. The van der Waals surface area contributed by atoms with Crippen LogP contribution < -0.4 is 10.1 Å². The fourth-order valence-electron chi connectivity index (χ4n) is 2.96. The van der Waals surface area contributed by atoms with Crippen LogP contribution in [0.25, 0.3) is 10.8 Å². The van der Waals surface area contributed by atoms with Crippen LogP contribution in [0.5, 0.6) is 5.75 Å². The predicted octanol–water partition coefficient (Wildman–Crippen LogP) is 5.47. The van der Waals surface area contributed by atoms with Gasteiger partial charge in [0.25, 0.3) is 0 Å². The summed E-state index contributed by atoms with van der Waals surface area (Å²) in [6.07, 6.45) is 0. The van der Waals surface area contributed by atoms with Gasteiger partial charge in [0.2, 0.25) is 0 Å². The summed E-state index contributed by atoms with van der Waals surface area (Å²) in [6, 6.07) is 21.3. The molecule has 0 fully saturated rings. The number of ether oxygens (including phenoxy) is 1. The highest BCUT2D eigenvalue weighted by Gasteiger charge is 2.09. The van der Waals surface area contributed by atoms with Gasteiger partial charge >= 0.3 is 0 Å². The lowest BCUT2D eigenvalue weighted by Crippen LogP contribution is -2.19. The number of benzene rings is 3. The van der Waals surface area contributed by atoms with Crippen molar-refractivity contribution in [3.8, 4) is 5.75 Å². The lowest BCUT2D eigenvalue weighted by molar-refractivity contribution is 0.302. The number of aryl methyl sites for hydroxylation is 1. The molecule has 130 valence electrons. The molecule has 0 heterocycles. The van der Waals surface area contributed by atoms with Gasteiger partial charge in [-0.1, -0.05) is 74.0 Å². The Morgan fingerprint density at radius 3 is 2.44 bits per heavy atom. The Morgan fingerprint density at radius 1 is 0.920 bits per heavy atom. The SMILES string of the molecule is Cc1ccc(COc2ccc3ccccc3c2CNCC(C)C)cc1. The molecule has 0 spiro atoms. The molecule has 0 aromatic heterocycles. The van der Waals surface area contributed by atoms with Crippen LogP contribution in [0.2, 0.25) is 0 Å². The number of hydrogen-bond acceptors (Lipinski definition) is 2. The molecular formula is C23H27NO. The van der Waals surface area contributed by atoms with E-state index >= 15 is 0 Å². The highest BCUT2D eigenvalue weighted by molar-refractivity contribution is 5.87. The maximum atomic E-state index is 6.19. The van der Waals surface area contributed by atoms with Crippen molar-refractivity contribution in [3.63, 3.8) is 0 Å². The van der Waals surface area contributed by atoms with Gasteiger partial charge in [-0.2, -0.15) is 0 Å². The molecule has 3 aromatic rings. The quantitative estimate of drug-likeness (QED) is 0.619. The molecule has 0 saturated heterocycles. The Morgan fingerprint density at radius 2 is 1.68 bits per heavy atom. The Labute approximate surface area is 150 Å². The van der Waals surface area contributed by atoms with Gasteiger partial charge in [-0.05, 0) is 41.8 Å². The summed E-state index contributed by atoms with van der Waals surface area (Å²) in [7, 11) is 0. The van der Waals surface area contributed by atoms with E-state index in [1.165, 1.54) is 27.5 Å². The molecule has 0 aliphatic rings. The van der Waals surface area contributed by atoms with Crippen molar-refractivity contribution in [2.45, 2.75) is 33.9 Å². The Balaban J connectivity index is 1.83. The summed E-state index contributed by atoms with van der Waals surface area (Å²) >= 11 is 0. The molecule has 2 heteroatoms. The van der Waals surface area contributed by atoms with Crippen LogP contribution in [0.1, 0.15) is 30.5 Å². The molecule has 0 radical (unpaired) electrons. The predicted molar refractivity (Wildman–Crippen MR) is 106 cm³/mol. The van der Waals surface area contributed by atoms with E-state index in [4.69, 9.17) is 4.74 Å². The van der Waals surface area contributed by atoms with E-state index in [1.54, 1.807) is 0 Å². The van der Waals surface area contributed by atoms with Crippen molar-refractivity contribution in [2.75, 3.05) is 6.54 Å². The zero-order chi connectivity index (χ0) is 17.6. The molecule has 0 aliphatic heterocycles. The molecule has 0 aliphatic carbocycles. The highest BCUT2D eigenvalue weighted by atomic mass is 16.5. The third kappa shape index (κ3) is 4.61. The second-order valence-electron chi connectivity index (χ2n) is 7.06. The average molecular weight is 333 g/mol. The molecule has 1 N–H and O–H groups in total. The summed E-state index contributed by atoms with van der Waals surface area (Å²) in [4.78, 5) is 0. The summed E-state index contributed by atoms with van der Waals surface area (Å²) in [5, 5.41) is 6.08. The van der Waals surface area contributed by atoms with Gasteiger partial charge in [-0.3, -0.25) is 0 Å². The monoisotopic (exact) mass is 333 g/mol. The van der Waals surface area contributed by atoms with E-state index < -0.39 is 0 Å². The van der Waals surface area contributed by atoms with Gasteiger partial charge in [-0.25, -0.2) is 0 Å². The number of fused-ring (bicyclic) bond motifs is 1. The Kier molecular flexibility index (Phi) is 5.72. The van der Waals surface area contributed by atoms with E-state index in [9.17, 15) is 0 Å². The maximum absolute atomic E-state index is 6.19. The van der Waals surface area contributed by atoms with Crippen molar-refractivity contribution in [1.29, 1.82) is 0 Å². The van der Waals surface area contributed by atoms with Crippen LogP contribution in [-0.4, -0.2) is 6.54 Å². The third-order valence-electron chi connectivity index (χ3n) is 4.37. The molecule has 2 nitrogen and oxygen atoms in total. The minimum Gasteiger partial charge on any atom is -0.489 e. The minimum atomic E-state index is 0.593. The van der Waals surface area contributed by atoms with Crippen molar-refractivity contribution >= 4 is 10.8 Å². The molecule has 0 bridgehead atoms. The number of hydrogen-bond donors (Lipinski definition) is 1. The lowest BCUT2D eigenvalue weighted by atomic mass is 10.0. The smallest absolute Gasteiger partial charge is 0.124 e. The second-order valence-corrected chi connectivity index (χ2v) is 7.06. The number of nitrogens with one attached hydrogen (secondary N) is 1. The van der Waals surface area contributed by atoms with Gasteiger partial charge in [-0.15, -0.1) is 0 Å². The fourth-order valence-corrected chi connectivity index (χ4v) is 2.96. The summed E-state index contributed by atoms with van der Waals surface area (Å²) in [5.41, 5.74) is 3.71. The van der Waals surface area contributed by atoms with Crippen molar-refractivity contribution < 1.29 is 4.74 Å². The van der Waals surface area contributed by atoms with Crippen molar-refractivity contribution in [3.05, 3.63) is 77.4 Å².